The van der Waals surface area contributed by atoms with Crippen LogP contribution in [-0.2, 0) is 6.54 Å². The number of hydrogen-bond donors (Lipinski definition) is 1. The van der Waals surface area contributed by atoms with E-state index in [0.717, 1.165) is 48.6 Å². The highest BCUT2D eigenvalue weighted by molar-refractivity contribution is 9.10. The van der Waals surface area contributed by atoms with Crippen LogP contribution >= 0.6 is 15.9 Å². The van der Waals surface area contributed by atoms with Gasteiger partial charge in [0.15, 0.2) is 0 Å². The Morgan fingerprint density at radius 1 is 1.20 bits per heavy atom. The summed E-state index contributed by atoms with van der Waals surface area (Å²) in [5.41, 5.74) is 2.47. The lowest BCUT2D eigenvalue weighted by Gasteiger charge is -2.33. The highest BCUT2D eigenvalue weighted by Gasteiger charge is 2.21. The maximum Gasteiger partial charge on any atom is 0.269 e. The van der Waals surface area contributed by atoms with Crippen molar-refractivity contribution in [3.05, 3.63) is 62.6 Å². The summed E-state index contributed by atoms with van der Waals surface area (Å²) in [5, 5.41) is 10.7. The Kier molecular flexibility index (Phi) is 5.55. The number of hydrogen-bond acceptors (Lipinski definition) is 4. The molecule has 6 nitrogen and oxygen atoms in total. The SMILES string of the molecule is COc1ccc(C[NH+]2CCN(c3ccc([N+](=O)[O-])cc3)CC2)cc1Br. The van der Waals surface area contributed by atoms with Crippen molar-refractivity contribution in [2.45, 2.75) is 6.54 Å². The lowest BCUT2D eigenvalue weighted by Crippen LogP contribution is -3.13. The van der Waals surface area contributed by atoms with Crippen LogP contribution in [0.4, 0.5) is 11.4 Å². The summed E-state index contributed by atoms with van der Waals surface area (Å²) in [7, 11) is 1.67. The molecule has 0 atom stereocenters. The molecule has 3 rings (SSSR count). The van der Waals surface area contributed by atoms with Crippen LogP contribution < -0.4 is 14.5 Å². The largest absolute Gasteiger partial charge is 0.496 e. The van der Waals surface area contributed by atoms with Crippen molar-refractivity contribution in [2.24, 2.45) is 0 Å². The molecule has 0 amide bonds. The minimum atomic E-state index is -0.362. The number of nitro groups is 1. The van der Waals surface area contributed by atoms with Gasteiger partial charge in [-0.1, -0.05) is 0 Å². The van der Waals surface area contributed by atoms with E-state index in [1.807, 2.05) is 18.2 Å². The number of quaternary nitrogens is 1. The summed E-state index contributed by atoms with van der Waals surface area (Å²) in [6.07, 6.45) is 0. The van der Waals surface area contributed by atoms with E-state index in [-0.39, 0.29) is 10.6 Å². The van der Waals surface area contributed by atoms with Crippen LogP contribution in [0.15, 0.2) is 46.9 Å². The van der Waals surface area contributed by atoms with Crippen LogP contribution in [0.5, 0.6) is 5.75 Å². The first-order valence-electron chi connectivity index (χ1n) is 8.22. The van der Waals surface area contributed by atoms with Crippen molar-refractivity contribution >= 4 is 27.3 Å². The molecule has 0 radical (unpaired) electrons. The molecule has 132 valence electrons. The van der Waals surface area contributed by atoms with Crippen molar-refractivity contribution in [1.29, 1.82) is 0 Å². The van der Waals surface area contributed by atoms with Gasteiger partial charge in [0.05, 0.1) is 42.7 Å². The zero-order valence-corrected chi connectivity index (χ0v) is 15.7. The summed E-state index contributed by atoms with van der Waals surface area (Å²) in [6, 6.07) is 13.0. The zero-order chi connectivity index (χ0) is 17.8. The fourth-order valence-electron chi connectivity index (χ4n) is 3.15. The summed E-state index contributed by atoms with van der Waals surface area (Å²) < 4.78 is 6.26. The highest BCUT2D eigenvalue weighted by Crippen LogP contribution is 2.25. The smallest absolute Gasteiger partial charge is 0.269 e. The first kappa shape index (κ1) is 17.7. The molecule has 0 unspecified atom stereocenters. The van der Waals surface area contributed by atoms with Crippen LogP contribution in [0, 0.1) is 10.1 Å². The summed E-state index contributed by atoms with van der Waals surface area (Å²) >= 11 is 3.54. The number of nitro benzene ring substituents is 1. The molecular formula is C18H21BrN3O3+. The fourth-order valence-corrected chi connectivity index (χ4v) is 3.74. The van der Waals surface area contributed by atoms with E-state index in [1.54, 1.807) is 19.2 Å². The number of nitrogens with zero attached hydrogens (tertiary/aromatic N) is 2. The van der Waals surface area contributed by atoms with Gasteiger partial charge >= 0.3 is 0 Å². The second-order valence-corrected chi connectivity index (χ2v) is 7.01. The third-order valence-electron chi connectivity index (χ3n) is 4.57. The predicted octanol–water partition coefficient (Wildman–Crippen LogP) is 2.27. The molecule has 0 saturated carbocycles. The van der Waals surface area contributed by atoms with Crippen LogP contribution in [-0.4, -0.2) is 38.2 Å². The van der Waals surface area contributed by atoms with E-state index < -0.39 is 0 Å². The molecular weight excluding hydrogens is 386 g/mol. The van der Waals surface area contributed by atoms with Crippen LogP contribution in [0.2, 0.25) is 0 Å². The highest BCUT2D eigenvalue weighted by atomic mass is 79.9. The van der Waals surface area contributed by atoms with E-state index in [9.17, 15) is 10.1 Å². The third kappa shape index (κ3) is 4.29. The van der Waals surface area contributed by atoms with E-state index >= 15 is 0 Å². The average Bonchev–Trinajstić information content (AvgIpc) is 2.63. The number of methoxy groups -OCH3 is 1. The quantitative estimate of drug-likeness (QED) is 0.611. The van der Waals surface area contributed by atoms with Gasteiger partial charge in [-0.25, -0.2) is 0 Å². The number of nitrogens with one attached hydrogen (secondary N) is 1. The number of halogens is 1. The molecule has 0 aromatic heterocycles. The molecule has 2 aromatic rings. The van der Waals surface area contributed by atoms with Gasteiger partial charge in [0, 0.05) is 23.4 Å². The van der Waals surface area contributed by atoms with Gasteiger partial charge in [-0.2, -0.15) is 0 Å². The van der Waals surface area contributed by atoms with Gasteiger partial charge in [-0.15, -0.1) is 0 Å². The Bertz CT molecular complexity index is 744. The van der Waals surface area contributed by atoms with E-state index in [1.165, 1.54) is 10.5 Å². The maximum atomic E-state index is 10.7. The minimum Gasteiger partial charge on any atom is -0.496 e. The van der Waals surface area contributed by atoms with Crippen molar-refractivity contribution in [3.63, 3.8) is 0 Å². The second-order valence-electron chi connectivity index (χ2n) is 6.16. The molecule has 1 aliphatic rings. The van der Waals surface area contributed by atoms with Gasteiger partial charge in [-0.05, 0) is 46.3 Å². The first-order valence-corrected chi connectivity index (χ1v) is 9.01. The predicted molar refractivity (Wildman–Crippen MR) is 100 cm³/mol. The van der Waals surface area contributed by atoms with Crippen molar-refractivity contribution in [1.82, 2.24) is 0 Å². The van der Waals surface area contributed by atoms with Crippen molar-refractivity contribution in [3.8, 4) is 5.75 Å². The molecule has 0 bridgehead atoms. The second kappa shape index (κ2) is 7.84. The maximum absolute atomic E-state index is 10.7. The van der Waals surface area contributed by atoms with Gasteiger partial charge in [0.1, 0.15) is 12.3 Å². The van der Waals surface area contributed by atoms with Crippen LogP contribution in [0.3, 0.4) is 0 Å². The van der Waals surface area contributed by atoms with Crippen LogP contribution in [0.1, 0.15) is 5.56 Å². The monoisotopic (exact) mass is 406 g/mol. The normalized spacial score (nSPS) is 15.2. The third-order valence-corrected chi connectivity index (χ3v) is 5.19. The standard InChI is InChI=1S/C18H20BrN3O3/c1-25-18-7-2-14(12-17(18)19)13-20-8-10-21(11-9-20)15-3-5-16(6-4-15)22(23)24/h2-7,12H,8-11,13H2,1H3/p+1. The summed E-state index contributed by atoms with van der Waals surface area (Å²) in [5.74, 6) is 0.849. The van der Waals surface area contributed by atoms with E-state index in [0.29, 0.717) is 0 Å². The van der Waals surface area contributed by atoms with Gasteiger partial charge in [0.25, 0.3) is 5.69 Å². The molecule has 1 aliphatic heterocycles. The Balaban J connectivity index is 1.56. The fraction of sp³-hybridized carbons (Fsp3) is 0.333. The van der Waals surface area contributed by atoms with E-state index in [2.05, 4.69) is 33.0 Å². The molecule has 7 heteroatoms. The van der Waals surface area contributed by atoms with Crippen LogP contribution in [0.25, 0.3) is 0 Å². The summed E-state index contributed by atoms with van der Waals surface area (Å²) in [6.45, 7) is 4.97. The Morgan fingerprint density at radius 2 is 1.88 bits per heavy atom. The Labute approximate surface area is 155 Å². The molecule has 25 heavy (non-hydrogen) atoms. The number of benzene rings is 2. The molecule has 2 aromatic carbocycles. The molecule has 0 spiro atoms. The topological polar surface area (TPSA) is 60.0 Å². The van der Waals surface area contributed by atoms with Gasteiger partial charge < -0.3 is 14.5 Å². The zero-order valence-electron chi connectivity index (χ0n) is 14.1. The number of non-ortho nitro benzene ring substituents is 1. The summed E-state index contributed by atoms with van der Waals surface area (Å²) in [4.78, 5) is 14.2. The molecule has 1 saturated heterocycles. The minimum absolute atomic E-state index is 0.137. The van der Waals surface area contributed by atoms with Crippen molar-refractivity contribution < 1.29 is 14.6 Å². The molecule has 0 aliphatic carbocycles. The first-order chi connectivity index (χ1) is 12.1. The lowest BCUT2D eigenvalue weighted by atomic mass is 10.1. The van der Waals surface area contributed by atoms with E-state index in [4.69, 9.17) is 4.74 Å². The van der Waals surface area contributed by atoms with Gasteiger partial charge in [0.2, 0.25) is 0 Å². The number of rotatable bonds is 5. The average molecular weight is 407 g/mol. The molecule has 1 N–H and O–H groups in total. The Morgan fingerprint density at radius 3 is 2.44 bits per heavy atom. The molecule has 1 fully saturated rings. The number of ether oxygens (including phenoxy) is 1. The number of piperazine rings is 1. The molecule has 1 heterocycles. The number of anilines is 1. The van der Waals surface area contributed by atoms with Gasteiger partial charge in [-0.3, -0.25) is 10.1 Å². The van der Waals surface area contributed by atoms with Crippen molar-refractivity contribution in [2.75, 3.05) is 38.2 Å². The Hall–Kier alpha value is -2.12. The lowest BCUT2D eigenvalue weighted by molar-refractivity contribution is -0.914.